The van der Waals surface area contributed by atoms with Gasteiger partial charge in [0.15, 0.2) is 0 Å². The van der Waals surface area contributed by atoms with Crippen LogP contribution in [-0.2, 0) is 0 Å². The van der Waals surface area contributed by atoms with E-state index >= 15 is 0 Å². The van der Waals surface area contributed by atoms with Crippen LogP contribution in [0.25, 0.3) is 0 Å². The maximum Gasteiger partial charge on any atom is 0.296 e. The van der Waals surface area contributed by atoms with Gasteiger partial charge in [0, 0.05) is 5.92 Å². The molecule has 5 nitrogen and oxygen atoms in total. The number of allylic oxidation sites excluding steroid dienone is 2. The topological polar surface area (TPSA) is 64.4 Å². The average Bonchev–Trinajstić information content (AvgIpc) is 3.13. The Labute approximate surface area is 167 Å². The van der Waals surface area contributed by atoms with Crippen molar-refractivity contribution in [3.8, 4) is 5.75 Å². The lowest BCUT2D eigenvalue weighted by molar-refractivity contribution is -0.384. The summed E-state index contributed by atoms with van der Waals surface area (Å²) in [5.41, 5.74) is 2.28. The molecule has 1 aliphatic carbocycles. The highest BCUT2D eigenvalue weighted by atomic mass is 35.5. The van der Waals surface area contributed by atoms with Gasteiger partial charge in [0.2, 0.25) is 0 Å². The van der Waals surface area contributed by atoms with Gasteiger partial charge in [0.1, 0.15) is 11.4 Å². The van der Waals surface area contributed by atoms with Crippen molar-refractivity contribution in [2.75, 3.05) is 11.9 Å². The van der Waals surface area contributed by atoms with Crippen LogP contribution in [0, 0.1) is 16.0 Å². The van der Waals surface area contributed by atoms with Crippen molar-refractivity contribution in [2.24, 2.45) is 5.92 Å². The third-order valence-electron chi connectivity index (χ3n) is 5.25. The first kappa shape index (κ1) is 18.1. The lowest BCUT2D eigenvalue weighted by atomic mass is 9.76. The zero-order chi connectivity index (χ0) is 19.1. The molecule has 3 unspecified atom stereocenters. The summed E-state index contributed by atoms with van der Waals surface area (Å²) in [6, 6.07) is 8.73. The minimum absolute atomic E-state index is 0.0119. The van der Waals surface area contributed by atoms with Crippen LogP contribution in [0.5, 0.6) is 5.75 Å². The van der Waals surface area contributed by atoms with E-state index in [2.05, 4.69) is 17.5 Å². The van der Waals surface area contributed by atoms with E-state index in [9.17, 15) is 10.1 Å². The number of benzene rings is 2. The van der Waals surface area contributed by atoms with Crippen LogP contribution in [0.4, 0.5) is 11.4 Å². The van der Waals surface area contributed by atoms with Gasteiger partial charge in [-0.05, 0) is 42.5 Å². The fraction of sp³-hybridized carbons (Fsp3) is 0.300. The molecule has 3 atom stereocenters. The van der Waals surface area contributed by atoms with E-state index in [1.807, 2.05) is 25.1 Å². The Morgan fingerprint density at radius 2 is 2.11 bits per heavy atom. The zero-order valence-corrected chi connectivity index (χ0v) is 16.1. The van der Waals surface area contributed by atoms with Crippen molar-refractivity contribution >= 4 is 34.6 Å². The standard InChI is InChI=1S/C20H18Cl2N2O3/c1-2-27-11-9-15-12-5-3-6-13(12)19(14-7-4-8-16(21)18(14)22)23-20(15)17(10-11)24(25)26/h3-5,7-10,12-13,19,23H,2,6H2,1H3. The normalized spacial score (nSPS) is 22.7. The van der Waals surface area contributed by atoms with Crippen molar-refractivity contribution in [3.63, 3.8) is 0 Å². The van der Waals surface area contributed by atoms with Crippen LogP contribution in [0.2, 0.25) is 10.0 Å². The Morgan fingerprint density at radius 1 is 1.30 bits per heavy atom. The van der Waals surface area contributed by atoms with E-state index < -0.39 is 0 Å². The molecule has 0 fully saturated rings. The molecule has 2 aromatic rings. The van der Waals surface area contributed by atoms with Crippen molar-refractivity contribution in [2.45, 2.75) is 25.3 Å². The summed E-state index contributed by atoms with van der Waals surface area (Å²) in [6.45, 7) is 2.31. The fourth-order valence-corrected chi connectivity index (χ4v) is 4.54. The maximum absolute atomic E-state index is 11.7. The largest absolute Gasteiger partial charge is 0.494 e. The molecule has 2 aliphatic rings. The van der Waals surface area contributed by atoms with Gasteiger partial charge in [-0.15, -0.1) is 0 Å². The molecule has 0 amide bonds. The molecule has 7 heteroatoms. The molecule has 0 aromatic heterocycles. The number of hydrogen-bond donors (Lipinski definition) is 1. The minimum Gasteiger partial charge on any atom is -0.494 e. The van der Waals surface area contributed by atoms with E-state index in [-0.39, 0.29) is 28.5 Å². The van der Waals surface area contributed by atoms with Crippen molar-refractivity contribution in [1.82, 2.24) is 0 Å². The number of anilines is 1. The minimum atomic E-state index is -0.371. The summed E-state index contributed by atoms with van der Waals surface area (Å²) >= 11 is 12.7. The van der Waals surface area contributed by atoms with E-state index in [0.717, 1.165) is 17.5 Å². The fourth-order valence-electron chi connectivity index (χ4n) is 4.12. The Bertz CT molecular complexity index is 945. The summed E-state index contributed by atoms with van der Waals surface area (Å²) in [6.07, 6.45) is 5.10. The smallest absolute Gasteiger partial charge is 0.296 e. The highest BCUT2D eigenvalue weighted by molar-refractivity contribution is 6.42. The molecule has 0 saturated heterocycles. The Hall–Kier alpha value is -2.24. The molecule has 0 saturated carbocycles. The first-order chi connectivity index (χ1) is 13.0. The van der Waals surface area contributed by atoms with Crippen LogP contribution >= 0.6 is 23.2 Å². The third kappa shape index (κ3) is 3.05. The van der Waals surface area contributed by atoms with Crippen molar-refractivity contribution < 1.29 is 9.66 Å². The molecular weight excluding hydrogens is 387 g/mol. The second-order valence-corrected chi connectivity index (χ2v) is 7.50. The van der Waals surface area contributed by atoms with Crippen LogP contribution in [-0.4, -0.2) is 11.5 Å². The Kier molecular flexibility index (Phi) is 4.74. The molecule has 0 spiro atoms. The monoisotopic (exact) mass is 404 g/mol. The molecular formula is C20H18Cl2N2O3. The first-order valence-corrected chi connectivity index (χ1v) is 9.59. The summed E-state index contributed by atoms with van der Waals surface area (Å²) in [5, 5.41) is 16.1. The van der Waals surface area contributed by atoms with Gasteiger partial charge < -0.3 is 10.1 Å². The van der Waals surface area contributed by atoms with E-state index in [1.54, 1.807) is 6.07 Å². The van der Waals surface area contributed by atoms with E-state index in [4.69, 9.17) is 27.9 Å². The lowest BCUT2D eigenvalue weighted by Crippen LogP contribution is -2.30. The summed E-state index contributed by atoms with van der Waals surface area (Å²) in [7, 11) is 0. The second kappa shape index (κ2) is 7.06. The third-order valence-corrected chi connectivity index (χ3v) is 6.08. The van der Waals surface area contributed by atoms with E-state index in [0.29, 0.717) is 28.1 Å². The van der Waals surface area contributed by atoms with Crippen molar-refractivity contribution in [3.05, 3.63) is 73.8 Å². The van der Waals surface area contributed by atoms with Crippen LogP contribution in [0.3, 0.4) is 0 Å². The summed E-state index contributed by atoms with van der Waals surface area (Å²) in [5.74, 6) is 0.772. The predicted octanol–water partition coefficient (Wildman–Crippen LogP) is 6.13. The SMILES string of the molecule is CCOc1cc2c(c([N+](=O)[O-])c1)NC(c1cccc(Cl)c1Cl)C1CC=CC21. The van der Waals surface area contributed by atoms with Gasteiger partial charge in [0.05, 0.1) is 33.7 Å². The Morgan fingerprint density at radius 3 is 2.85 bits per heavy atom. The number of fused-ring (bicyclic) bond motifs is 3. The highest BCUT2D eigenvalue weighted by Crippen LogP contribution is 2.54. The zero-order valence-electron chi connectivity index (χ0n) is 14.6. The predicted molar refractivity (Wildman–Crippen MR) is 107 cm³/mol. The molecule has 1 N–H and O–H groups in total. The van der Waals surface area contributed by atoms with Crippen LogP contribution in [0.15, 0.2) is 42.5 Å². The highest BCUT2D eigenvalue weighted by Gasteiger charge is 2.41. The van der Waals surface area contributed by atoms with E-state index in [1.165, 1.54) is 6.07 Å². The quantitative estimate of drug-likeness (QED) is 0.378. The lowest BCUT2D eigenvalue weighted by Gasteiger charge is -2.37. The molecule has 4 rings (SSSR count). The summed E-state index contributed by atoms with van der Waals surface area (Å²) < 4.78 is 5.56. The van der Waals surface area contributed by atoms with Crippen molar-refractivity contribution in [1.29, 1.82) is 0 Å². The number of nitro benzene ring substituents is 1. The van der Waals surface area contributed by atoms with Crippen LogP contribution < -0.4 is 10.1 Å². The first-order valence-electron chi connectivity index (χ1n) is 8.83. The number of halogens is 2. The number of hydrogen-bond acceptors (Lipinski definition) is 4. The second-order valence-electron chi connectivity index (χ2n) is 6.72. The molecule has 1 heterocycles. The van der Waals surface area contributed by atoms with Gasteiger partial charge >= 0.3 is 0 Å². The number of nitro groups is 1. The number of rotatable bonds is 4. The van der Waals surface area contributed by atoms with Crippen LogP contribution in [0.1, 0.15) is 36.4 Å². The van der Waals surface area contributed by atoms with Gasteiger partial charge in [-0.1, -0.05) is 47.5 Å². The van der Waals surface area contributed by atoms with Gasteiger partial charge in [-0.25, -0.2) is 0 Å². The average molecular weight is 405 g/mol. The summed E-state index contributed by atoms with van der Waals surface area (Å²) in [4.78, 5) is 11.4. The number of nitrogens with one attached hydrogen (secondary N) is 1. The maximum atomic E-state index is 11.7. The number of ether oxygens (including phenoxy) is 1. The van der Waals surface area contributed by atoms with Gasteiger partial charge in [-0.2, -0.15) is 0 Å². The molecule has 1 aliphatic heterocycles. The van der Waals surface area contributed by atoms with Gasteiger partial charge in [-0.3, -0.25) is 10.1 Å². The number of nitrogens with zero attached hydrogens (tertiary/aromatic N) is 1. The van der Waals surface area contributed by atoms with Gasteiger partial charge in [0.25, 0.3) is 5.69 Å². The Balaban J connectivity index is 1.87. The molecule has 0 bridgehead atoms. The molecule has 27 heavy (non-hydrogen) atoms. The molecule has 140 valence electrons. The molecule has 2 aromatic carbocycles. The molecule has 0 radical (unpaired) electrons.